The minimum absolute atomic E-state index is 0.0482. The average Bonchev–Trinajstić information content (AvgIpc) is 3.05. The summed E-state index contributed by atoms with van der Waals surface area (Å²) >= 11 is 0. The Kier molecular flexibility index (Phi) is 3.05. The predicted molar refractivity (Wildman–Crippen MR) is 72.6 cm³/mol. The van der Waals surface area contributed by atoms with Crippen molar-refractivity contribution < 1.29 is 4.79 Å². The number of fused-ring (bicyclic) bond motifs is 1. The van der Waals surface area contributed by atoms with Gasteiger partial charge in [-0.15, -0.1) is 0 Å². The second-order valence-corrected chi connectivity index (χ2v) is 5.10. The molecule has 1 fully saturated rings. The van der Waals surface area contributed by atoms with E-state index in [-0.39, 0.29) is 5.91 Å². The standard InChI is InChI=1S/C15H18N2O/c18-15(17-10-11-4-1-2-5-11)13-6-3-7-14-12(13)8-9-16-14/h3,6-9,11,16H,1-2,4-5,10H2,(H,17,18). The van der Waals surface area contributed by atoms with Gasteiger partial charge in [-0.3, -0.25) is 4.79 Å². The van der Waals surface area contributed by atoms with Crippen LogP contribution in [0.2, 0.25) is 0 Å². The van der Waals surface area contributed by atoms with Crippen LogP contribution in [0.25, 0.3) is 10.9 Å². The highest BCUT2D eigenvalue weighted by Gasteiger charge is 2.17. The molecule has 3 rings (SSSR count). The topological polar surface area (TPSA) is 44.9 Å². The van der Waals surface area contributed by atoms with Crippen LogP contribution in [0.4, 0.5) is 0 Å². The molecule has 94 valence electrons. The zero-order chi connectivity index (χ0) is 12.4. The van der Waals surface area contributed by atoms with E-state index in [1.165, 1.54) is 25.7 Å². The lowest BCUT2D eigenvalue weighted by atomic mass is 10.1. The number of nitrogens with one attached hydrogen (secondary N) is 2. The number of hydrogen-bond acceptors (Lipinski definition) is 1. The van der Waals surface area contributed by atoms with Crippen molar-refractivity contribution in [2.24, 2.45) is 5.92 Å². The van der Waals surface area contributed by atoms with E-state index < -0.39 is 0 Å². The van der Waals surface area contributed by atoms with Gasteiger partial charge in [0, 0.05) is 29.2 Å². The van der Waals surface area contributed by atoms with Crippen LogP contribution in [0.3, 0.4) is 0 Å². The van der Waals surface area contributed by atoms with Gasteiger partial charge in [-0.05, 0) is 37.0 Å². The summed E-state index contributed by atoms with van der Waals surface area (Å²) in [6, 6.07) is 7.76. The van der Waals surface area contributed by atoms with Crippen LogP contribution in [0.5, 0.6) is 0 Å². The quantitative estimate of drug-likeness (QED) is 0.853. The van der Waals surface area contributed by atoms with E-state index in [9.17, 15) is 4.79 Å². The summed E-state index contributed by atoms with van der Waals surface area (Å²) in [4.78, 5) is 15.3. The van der Waals surface area contributed by atoms with E-state index in [4.69, 9.17) is 0 Å². The molecule has 0 radical (unpaired) electrons. The van der Waals surface area contributed by atoms with Crippen LogP contribution in [0.15, 0.2) is 30.5 Å². The maximum atomic E-state index is 12.2. The second-order valence-electron chi connectivity index (χ2n) is 5.10. The van der Waals surface area contributed by atoms with Gasteiger partial charge in [0.25, 0.3) is 5.91 Å². The molecule has 0 unspecified atom stereocenters. The number of benzene rings is 1. The fourth-order valence-corrected chi connectivity index (χ4v) is 2.83. The molecule has 1 aromatic heterocycles. The van der Waals surface area contributed by atoms with Crippen LogP contribution in [-0.2, 0) is 0 Å². The number of H-pyrrole nitrogens is 1. The summed E-state index contributed by atoms with van der Waals surface area (Å²) in [5, 5.41) is 4.07. The van der Waals surface area contributed by atoms with E-state index in [2.05, 4.69) is 10.3 Å². The Morgan fingerprint density at radius 2 is 2.11 bits per heavy atom. The molecule has 0 atom stereocenters. The zero-order valence-electron chi connectivity index (χ0n) is 10.4. The third-order valence-electron chi connectivity index (χ3n) is 3.87. The highest BCUT2D eigenvalue weighted by molar-refractivity contribution is 6.06. The predicted octanol–water partition coefficient (Wildman–Crippen LogP) is 3.09. The van der Waals surface area contributed by atoms with Crippen molar-refractivity contribution >= 4 is 16.8 Å². The first-order chi connectivity index (χ1) is 8.84. The summed E-state index contributed by atoms with van der Waals surface area (Å²) in [7, 11) is 0. The van der Waals surface area contributed by atoms with Gasteiger partial charge < -0.3 is 10.3 Å². The number of amides is 1. The van der Waals surface area contributed by atoms with E-state index in [0.29, 0.717) is 5.92 Å². The number of aromatic amines is 1. The van der Waals surface area contributed by atoms with Crippen molar-refractivity contribution in [3.63, 3.8) is 0 Å². The smallest absolute Gasteiger partial charge is 0.251 e. The van der Waals surface area contributed by atoms with Crippen molar-refractivity contribution in [1.82, 2.24) is 10.3 Å². The van der Waals surface area contributed by atoms with Crippen LogP contribution >= 0.6 is 0 Å². The average molecular weight is 242 g/mol. The normalized spacial score (nSPS) is 16.2. The molecule has 1 aliphatic rings. The summed E-state index contributed by atoms with van der Waals surface area (Å²) in [5.41, 5.74) is 1.79. The molecule has 0 bridgehead atoms. The Morgan fingerprint density at radius 1 is 1.28 bits per heavy atom. The molecule has 0 aliphatic heterocycles. The first-order valence-corrected chi connectivity index (χ1v) is 6.69. The summed E-state index contributed by atoms with van der Waals surface area (Å²) in [5.74, 6) is 0.728. The van der Waals surface area contributed by atoms with Gasteiger partial charge in [-0.1, -0.05) is 18.9 Å². The first kappa shape index (κ1) is 11.3. The second kappa shape index (κ2) is 4.84. The number of hydrogen-bond donors (Lipinski definition) is 2. The highest BCUT2D eigenvalue weighted by Crippen LogP contribution is 2.24. The van der Waals surface area contributed by atoms with Crippen molar-refractivity contribution in [2.45, 2.75) is 25.7 Å². The van der Waals surface area contributed by atoms with Gasteiger partial charge in [0.15, 0.2) is 0 Å². The monoisotopic (exact) mass is 242 g/mol. The molecule has 0 spiro atoms. The maximum Gasteiger partial charge on any atom is 0.251 e. The van der Waals surface area contributed by atoms with Gasteiger partial charge in [0.05, 0.1) is 0 Å². The lowest BCUT2D eigenvalue weighted by Gasteiger charge is -2.11. The molecular formula is C15H18N2O. The zero-order valence-corrected chi connectivity index (χ0v) is 10.4. The van der Waals surface area contributed by atoms with Crippen molar-refractivity contribution in [1.29, 1.82) is 0 Å². The highest BCUT2D eigenvalue weighted by atomic mass is 16.1. The molecule has 1 saturated carbocycles. The maximum absolute atomic E-state index is 12.2. The molecule has 2 aromatic rings. The molecular weight excluding hydrogens is 224 g/mol. The lowest BCUT2D eigenvalue weighted by Crippen LogP contribution is -2.28. The molecule has 1 heterocycles. The molecule has 1 aromatic carbocycles. The summed E-state index contributed by atoms with van der Waals surface area (Å²) < 4.78 is 0. The Bertz CT molecular complexity index is 552. The van der Waals surface area contributed by atoms with Crippen LogP contribution in [0.1, 0.15) is 36.0 Å². The van der Waals surface area contributed by atoms with E-state index in [1.807, 2.05) is 30.5 Å². The van der Waals surface area contributed by atoms with E-state index in [0.717, 1.165) is 23.0 Å². The number of carbonyl (C=O) groups is 1. The Balaban J connectivity index is 1.73. The minimum Gasteiger partial charge on any atom is -0.361 e. The van der Waals surface area contributed by atoms with Gasteiger partial charge in [0.1, 0.15) is 0 Å². The van der Waals surface area contributed by atoms with E-state index >= 15 is 0 Å². The Hall–Kier alpha value is -1.77. The Morgan fingerprint density at radius 3 is 2.94 bits per heavy atom. The van der Waals surface area contributed by atoms with Crippen LogP contribution in [-0.4, -0.2) is 17.4 Å². The molecule has 3 heteroatoms. The fourth-order valence-electron chi connectivity index (χ4n) is 2.83. The minimum atomic E-state index is 0.0482. The summed E-state index contributed by atoms with van der Waals surface area (Å²) in [6.07, 6.45) is 7.02. The molecule has 0 saturated heterocycles. The molecule has 2 N–H and O–H groups in total. The number of aromatic nitrogens is 1. The van der Waals surface area contributed by atoms with Crippen molar-refractivity contribution in [3.8, 4) is 0 Å². The van der Waals surface area contributed by atoms with E-state index in [1.54, 1.807) is 0 Å². The number of rotatable bonds is 3. The fraction of sp³-hybridized carbons (Fsp3) is 0.400. The SMILES string of the molecule is O=C(NCC1CCCC1)c1cccc2[nH]ccc12. The molecule has 1 aliphatic carbocycles. The van der Waals surface area contributed by atoms with Gasteiger partial charge in [-0.2, -0.15) is 0 Å². The third kappa shape index (κ3) is 2.13. The number of carbonyl (C=O) groups excluding carboxylic acids is 1. The Labute approximate surface area is 107 Å². The summed E-state index contributed by atoms with van der Waals surface area (Å²) in [6.45, 7) is 0.819. The molecule has 1 amide bonds. The van der Waals surface area contributed by atoms with Gasteiger partial charge in [-0.25, -0.2) is 0 Å². The van der Waals surface area contributed by atoms with Crippen molar-refractivity contribution in [3.05, 3.63) is 36.0 Å². The van der Waals surface area contributed by atoms with Crippen LogP contribution < -0.4 is 5.32 Å². The lowest BCUT2D eigenvalue weighted by molar-refractivity contribution is 0.0949. The van der Waals surface area contributed by atoms with Gasteiger partial charge >= 0.3 is 0 Å². The third-order valence-corrected chi connectivity index (χ3v) is 3.87. The molecule has 18 heavy (non-hydrogen) atoms. The molecule has 3 nitrogen and oxygen atoms in total. The van der Waals surface area contributed by atoms with Gasteiger partial charge in [0.2, 0.25) is 0 Å². The van der Waals surface area contributed by atoms with Crippen molar-refractivity contribution in [2.75, 3.05) is 6.54 Å². The largest absolute Gasteiger partial charge is 0.361 e. The van der Waals surface area contributed by atoms with Crippen LogP contribution in [0, 0.1) is 5.92 Å². The first-order valence-electron chi connectivity index (χ1n) is 6.69.